The van der Waals surface area contributed by atoms with E-state index in [9.17, 15) is 9.59 Å². The number of unbranched alkanes of at least 4 members (excludes halogenated alkanes) is 1. The van der Waals surface area contributed by atoms with Crippen LogP contribution in [0.2, 0.25) is 0 Å². The molecule has 0 aliphatic carbocycles. The van der Waals surface area contributed by atoms with Crippen molar-refractivity contribution < 1.29 is 19.8 Å². The maximum atomic E-state index is 10.4. The van der Waals surface area contributed by atoms with Gasteiger partial charge in [0.1, 0.15) is 6.04 Å². The number of hydrogen-bond donors (Lipinski definition) is 4. The first-order chi connectivity index (χ1) is 11.8. The Morgan fingerprint density at radius 3 is 2.04 bits per heavy atom. The summed E-state index contributed by atoms with van der Waals surface area (Å²) in [6.07, 6.45) is 4.08. The first kappa shape index (κ1) is 23.1. The number of benzene rings is 1. The molecule has 1 aromatic rings. The maximum Gasteiger partial charge on any atom is 0.320 e. The van der Waals surface area contributed by atoms with Crippen LogP contribution in [0, 0.1) is 5.92 Å². The Morgan fingerprint density at radius 1 is 1.04 bits per heavy atom. The predicted molar refractivity (Wildman–Crippen MR) is 99.5 cm³/mol. The zero-order valence-electron chi connectivity index (χ0n) is 15.3. The summed E-state index contributed by atoms with van der Waals surface area (Å²) >= 11 is 0. The predicted octanol–water partition coefficient (Wildman–Crippen LogP) is 2.43. The molecule has 6 nitrogen and oxygen atoms in total. The molecule has 1 aromatic carbocycles. The molecule has 0 saturated carbocycles. The van der Waals surface area contributed by atoms with E-state index in [-0.39, 0.29) is 6.42 Å². The zero-order chi connectivity index (χ0) is 19.2. The fourth-order valence-electron chi connectivity index (χ4n) is 2.20. The van der Waals surface area contributed by atoms with Gasteiger partial charge in [0, 0.05) is 6.42 Å². The third-order valence-electron chi connectivity index (χ3n) is 3.58. The fourth-order valence-corrected chi connectivity index (χ4v) is 2.20. The zero-order valence-corrected chi connectivity index (χ0v) is 15.3. The minimum absolute atomic E-state index is 0.212. The van der Waals surface area contributed by atoms with E-state index in [0.29, 0.717) is 25.3 Å². The summed E-state index contributed by atoms with van der Waals surface area (Å²) in [5.74, 6) is -1.01. The third kappa shape index (κ3) is 13.1. The Morgan fingerprint density at radius 2 is 1.60 bits per heavy atom. The summed E-state index contributed by atoms with van der Waals surface area (Å²) in [4.78, 5) is 20.5. The quantitative estimate of drug-likeness (QED) is 0.479. The lowest BCUT2D eigenvalue weighted by atomic mass is 10.0. The number of carbonyl (C=O) groups is 2. The van der Waals surface area contributed by atoms with Crippen molar-refractivity contribution in [2.45, 2.75) is 58.4 Å². The SMILES string of the molecule is CC(C)Cc1ccc(CCC(=O)O)cc1.NCCCC[C@H](N)C(=O)O. The molecular weight excluding hydrogens is 320 g/mol. The molecular formula is C19H32N2O4. The number of carboxylic acids is 2. The Kier molecular flexibility index (Phi) is 12.4. The number of hydrogen-bond acceptors (Lipinski definition) is 4. The molecule has 0 aromatic heterocycles. The first-order valence-corrected chi connectivity index (χ1v) is 8.74. The number of aryl methyl sites for hydroxylation is 1. The van der Waals surface area contributed by atoms with Crippen LogP contribution < -0.4 is 11.5 Å². The Balaban J connectivity index is 0.000000504. The summed E-state index contributed by atoms with van der Waals surface area (Å²) < 4.78 is 0. The highest BCUT2D eigenvalue weighted by Crippen LogP contribution is 2.11. The molecule has 6 heteroatoms. The fraction of sp³-hybridized carbons (Fsp3) is 0.579. The van der Waals surface area contributed by atoms with Crippen molar-refractivity contribution in [2.75, 3.05) is 6.54 Å². The maximum absolute atomic E-state index is 10.4. The van der Waals surface area contributed by atoms with E-state index in [4.69, 9.17) is 21.7 Å². The van der Waals surface area contributed by atoms with E-state index in [1.54, 1.807) is 0 Å². The van der Waals surface area contributed by atoms with Gasteiger partial charge in [-0.25, -0.2) is 0 Å². The van der Waals surface area contributed by atoms with Crippen molar-refractivity contribution in [1.82, 2.24) is 0 Å². The average Bonchev–Trinajstić information content (AvgIpc) is 2.54. The summed E-state index contributed by atoms with van der Waals surface area (Å²) in [5, 5.41) is 16.9. The van der Waals surface area contributed by atoms with Crippen molar-refractivity contribution in [1.29, 1.82) is 0 Å². The van der Waals surface area contributed by atoms with Crippen molar-refractivity contribution in [3.05, 3.63) is 35.4 Å². The molecule has 1 rings (SSSR count). The van der Waals surface area contributed by atoms with Gasteiger partial charge in [-0.15, -0.1) is 0 Å². The van der Waals surface area contributed by atoms with Crippen LogP contribution in [0.3, 0.4) is 0 Å². The van der Waals surface area contributed by atoms with Gasteiger partial charge < -0.3 is 21.7 Å². The first-order valence-electron chi connectivity index (χ1n) is 8.74. The number of nitrogens with two attached hydrogens (primary N) is 2. The van der Waals surface area contributed by atoms with Gasteiger partial charge in [-0.1, -0.05) is 44.5 Å². The van der Waals surface area contributed by atoms with Gasteiger partial charge in [0.15, 0.2) is 0 Å². The number of carboxylic acid groups (broad SMARTS) is 2. The average molecular weight is 352 g/mol. The Labute approximate surface area is 150 Å². The molecule has 0 bridgehead atoms. The van der Waals surface area contributed by atoms with Crippen LogP contribution in [-0.4, -0.2) is 34.7 Å². The van der Waals surface area contributed by atoms with Crippen LogP contribution in [-0.2, 0) is 22.4 Å². The van der Waals surface area contributed by atoms with Crippen LogP contribution in [0.1, 0.15) is 50.7 Å². The van der Waals surface area contributed by atoms with Crippen LogP contribution in [0.5, 0.6) is 0 Å². The smallest absolute Gasteiger partial charge is 0.320 e. The lowest BCUT2D eigenvalue weighted by Crippen LogP contribution is -2.29. The molecule has 142 valence electrons. The second kappa shape index (κ2) is 13.4. The van der Waals surface area contributed by atoms with Gasteiger partial charge in [0.25, 0.3) is 0 Å². The minimum Gasteiger partial charge on any atom is -0.481 e. The van der Waals surface area contributed by atoms with E-state index in [0.717, 1.165) is 24.8 Å². The highest BCUT2D eigenvalue weighted by molar-refractivity contribution is 5.72. The molecule has 0 spiro atoms. The van der Waals surface area contributed by atoms with Gasteiger partial charge in [-0.2, -0.15) is 0 Å². The lowest BCUT2D eigenvalue weighted by Gasteiger charge is -2.05. The molecule has 6 N–H and O–H groups in total. The Hall–Kier alpha value is -1.92. The van der Waals surface area contributed by atoms with Crippen molar-refractivity contribution in [3.8, 4) is 0 Å². The molecule has 0 aliphatic rings. The molecule has 0 saturated heterocycles. The number of aliphatic carboxylic acids is 2. The largest absolute Gasteiger partial charge is 0.481 e. The van der Waals surface area contributed by atoms with Crippen molar-refractivity contribution >= 4 is 11.9 Å². The van der Waals surface area contributed by atoms with Gasteiger partial charge in [-0.3, -0.25) is 9.59 Å². The lowest BCUT2D eigenvalue weighted by molar-refractivity contribution is -0.139. The highest BCUT2D eigenvalue weighted by Gasteiger charge is 2.09. The van der Waals surface area contributed by atoms with Gasteiger partial charge >= 0.3 is 11.9 Å². The van der Waals surface area contributed by atoms with Gasteiger partial charge in [0.05, 0.1) is 0 Å². The summed E-state index contributed by atoms with van der Waals surface area (Å²) in [7, 11) is 0. The van der Waals surface area contributed by atoms with Gasteiger partial charge in [0.2, 0.25) is 0 Å². The molecule has 0 aliphatic heterocycles. The second-order valence-corrected chi connectivity index (χ2v) is 6.54. The second-order valence-electron chi connectivity index (χ2n) is 6.54. The summed E-state index contributed by atoms with van der Waals surface area (Å²) in [6.45, 7) is 4.99. The van der Waals surface area contributed by atoms with Crippen molar-refractivity contribution in [3.63, 3.8) is 0 Å². The molecule has 0 unspecified atom stereocenters. The van der Waals surface area contributed by atoms with Gasteiger partial charge in [-0.05, 0) is 49.3 Å². The topological polar surface area (TPSA) is 127 Å². The highest BCUT2D eigenvalue weighted by atomic mass is 16.4. The van der Waals surface area contributed by atoms with E-state index in [1.807, 2.05) is 12.1 Å². The van der Waals surface area contributed by atoms with Crippen LogP contribution in [0.4, 0.5) is 0 Å². The summed E-state index contributed by atoms with van der Waals surface area (Å²) in [6, 6.07) is 7.53. The summed E-state index contributed by atoms with van der Waals surface area (Å²) in [5.41, 5.74) is 12.8. The molecule has 0 fully saturated rings. The van der Waals surface area contributed by atoms with E-state index >= 15 is 0 Å². The number of rotatable bonds is 10. The molecule has 1 atom stereocenters. The van der Waals surface area contributed by atoms with Crippen LogP contribution in [0.15, 0.2) is 24.3 Å². The molecule has 0 heterocycles. The van der Waals surface area contributed by atoms with Crippen LogP contribution in [0.25, 0.3) is 0 Å². The molecule has 25 heavy (non-hydrogen) atoms. The van der Waals surface area contributed by atoms with E-state index in [2.05, 4.69) is 26.0 Å². The van der Waals surface area contributed by atoms with E-state index in [1.165, 1.54) is 5.56 Å². The normalized spacial score (nSPS) is 11.6. The standard InChI is InChI=1S/C13H18O2.C6H14N2O2/c1-10(2)9-12-5-3-11(4-6-12)7-8-13(14)15;7-4-2-1-3-5(8)6(9)10/h3-6,10H,7-9H2,1-2H3,(H,14,15);5H,1-4,7-8H2,(H,9,10)/t;5-/m.0/s1. The van der Waals surface area contributed by atoms with Crippen molar-refractivity contribution in [2.24, 2.45) is 17.4 Å². The monoisotopic (exact) mass is 352 g/mol. The molecule has 0 amide bonds. The van der Waals surface area contributed by atoms with E-state index < -0.39 is 18.0 Å². The Bertz CT molecular complexity index is 501. The minimum atomic E-state index is -0.933. The van der Waals surface area contributed by atoms with Crippen LogP contribution >= 0.6 is 0 Å². The molecule has 0 radical (unpaired) electrons. The third-order valence-corrected chi connectivity index (χ3v) is 3.58.